The fourth-order valence-electron chi connectivity index (χ4n) is 1.69. The van der Waals surface area contributed by atoms with Gasteiger partial charge in [-0.2, -0.15) is 0 Å². The first kappa shape index (κ1) is 12.8. The highest BCUT2D eigenvalue weighted by Gasteiger charge is 2.26. The molecule has 0 aromatic heterocycles. The number of amides is 2. The van der Waals surface area contributed by atoms with Crippen LogP contribution in [0.2, 0.25) is 0 Å². The Bertz CT molecular complexity index is 267. The van der Waals surface area contributed by atoms with Crippen LogP contribution in [0.1, 0.15) is 39.5 Å². The van der Waals surface area contributed by atoms with E-state index in [1.807, 2.05) is 4.90 Å². The van der Waals surface area contributed by atoms with Crippen LogP contribution in [-0.4, -0.2) is 35.4 Å². The minimum Gasteiger partial charge on any atom is -0.386 e. The predicted octanol–water partition coefficient (Wildman–Crippen LogP) is 1.29. The van der Waals surface area contributed by atoms with Gasteiger partial charge in [-0.15, -0.1) is 0 Å². The molecule has 1 rings (SSSR count). The zero-order valence-corrected chi connectivity index (χ0v) is 10.2. The number of nitrogens with zero attached hydrogens (tertiary/aromatic N) is 1. The summed E-state index contributed by atoms with van der Waals surface area (Å²) >= 11 is 0. The monoisotopic (exact) mass is 226 g/mol. The van der Waals surface area contributed by atoms with E-state index >= 15 is 0 Å². The Morgan fingerprint density at radius 3 is 2.19 bits per heavy atom. The summed E-state index contributed by atoms with van der Waals surface area (Å²) in [6, 6.07) is -0.109. The van der Waals surface area contributed by atoms with E-state index in [0.29, 0.717) is 0 Å². The molecular formula is C11H22N4O. The van der Waals surface area contributed by atoms with Crippen LogP contribution in [-0.2, 0) is 0 Å². The summed E-state index contributed by atoms with van der Waals surface area (Å²) in [4.78, 5) is 13.8. The Labute approximate surface area is 96.9 Å². The van der Waals surface area contributed by atoms with E-state index in [-0.39, 0.29) is 11.9 Å². The first-order valence-electron chi connectivity index (χ1n) is 5.85. The molecule has 16 heavy (non-hydrogen) atoms. The number of hydrogen-bond acceptors (Lipinski definition) is 2. The molecule has 1 heterocycles. The molecule has 1 saturated heterocycles. The van der Waals surface area contributed by atoms with Gasteiger partial charge in [-0.05, 0) is 26.7 Å². The molecule has 0 atom stereocenters. The van der Waals surface area contributed by atoms with Gasteiger partial charge < -0.3 is 16.0 Å². The predicted molar refractivity (Wildman–Crippen MR) is 64.6 cm³/mol. The normalized spacial score (nSPS) is 17.8. The quantitative estimate of drug-likeness (QED) is 0.489. The average molecular weight is 226 g/mol. The lowest BCUT2D eigenvalue weighted by Crippen LogP contribution is -2.56. The maximum Gasteiger partial charge on any atom is 0.318 e. The van der Waals surface area contributed by atoms with Crippen molar-refractivity contribution in [3.63, 3.8) is 0 Å². The summed E-state index contributed by atoms with van der Waals surface area (Å²) in [7, 11) is 0. The second kappa shape index (κ2) is 5.18. The van der Waals surface area contributed by atoms with Gasteiger partial charge in [0.25, 0.3) is 0 Å². The van der Waals surface area contributed by atoms with E-state index in [1.54, 1.807) is 13.8 Å². The lowest BCUT2D eigenvalue weighted by Gasteiger charge is -2.29. The van der Waals surface area contributed by atoms with Gasteiger partial charge in [-0.1, -0.05) is 12.8 Å². The molecule has 0 aromatic carbocycles. The standard InChI is InChI=1S/C11H22N4O/c1-11(2,9(12)13)14-10(16)15-7-5-3-4-6-8-15/h3-8H2,1-2H3,(H3,12,13)(H,14,16). The fraction of sp³-hybridized carbons (Fsp3) is 0.818. The molecule has 4 N–H and O–H groups in total. The van der Waals surface area contributed by atoms with Crippen LogP contribution >= 0.6 is 0 Å². The number of likely N-dealkylation sites (tertiary alicyclic amines) is 1. The van der Waals surface area contributed by atoms with Gasteiger partial charge in [0, 0.05) is 13.1 Å². The van der Waals surface area contributed by atoms with Crippen molar-refractivity contribution in [1.29, 1.82) is 5.41 Å². The Morgan fingerprint density at radius 2 is 1.75 bits per heavy atom. The fourth-order valence-corrected chi connectivity index (χ4v) is 1.69. The third-order valence-corrected chi connectivity index (χ3v) is 2.99. The number of nitrogens with two attached hydrogens (primary N) is 1. The molecule has 0 aromatic rings. The first-order valence-corrected chi connectivity index (χ1v) is 5.85. The van der Waals surface area contributed by atoms with Crippen molar-refractivity contribution >= 4 is 11.9 Å². The van der Waals surface area contributed by atoms with E-state index in [1.165, 1.54) is 12.8 Å². The van der Waals surface area contributed by atoms with Crippen molar-refractivity contribution in [2.45, 2.75) is 45.1 Å². The molecule has 5 nitrogen and oxygen atoms in total. The minimum absolute atomic E-state index is 0.0179. The third kappa shape index (κ3) is 3.40. The van der Waals surface area contributed by atoms with Gasteiger partial charge in [0.15, 0.2) is 0 Å². The molecule has 0 unspecified atom stereocenters. The Kier molecular flexibility index (Phi) is 4.15. The summed E-state index contributed by atoms with van der Waals surface area (Å²) in [6.07, 6.45) is 4.52. The van der Waals surface area contributed by atoms with Gasteiger partial charge in [0.05, 0.1) is 5.54 Å². The van der Waals surface area contributed by atoms with E-state index in [2.05, 4.69) is 5.32 Å². The minimum atomic E-state index is -0.761. The summed E-state index contributed by atoms with van der Waals surface area (Å²) in [5, 5.41) is 10.2. The Hall–Kier alpha value is -1.26. The summed E-state index contributed by atoms with van der Waals surface area (Å²) in [6.45, 7) is 5.09. The Morgan fingerprint density at radius 1 is 1.25 bits per heavy atom. The van der Waals surface area contributed by atoms with Gasteiger partial charge >= 0.3 is 6.03 Å². The summed E-state index contributed by atoms with van der Waals surface area (Å²) in [5.41, 5.74) is 4.67. The average Bonchev–Trinajstić information content (AvgIpc) is 2.44. The maximum absolute atomic E-state index is 11.9. The van der Waals surface area contributed by atoms with Crippen LogP contribution in [0.3, 0.4) is 0 Å². The number of carbonyl (C=O) groups is 1. The van der Waals surface area contributed by atoms with Crippen LogP contribution in [0.5, 0.6) is 0 Å². The number of carbonyl (C=O) groups excluding carboxylic acids is 1. The van der Waals surface area contributed by atoms with Gasteiger partial charge in [-0.25, -0.2) is 4.79 Å². The van der Waals surface area contributed by atoms with E-state index < -0.39 is 5.54 Å². The molecule has 92 valence electrons. The van der Waals surface area contributed by atoms with Crippen molar-refractivity contribution in [3.8, 4) is 0 Å². The molecule has 0 radical (unpaired) electrons. The molecule has 1 aliphatic rings. The molecule has 0 aliphatic carbocycles. The first-order chi connectivity index (χ1) is 7.43. The maximum atomic E-state index is 11.9. The topological polar surface area (TPSA) is 82.2 Å². The smallest absolute Gasteiger partial charge is 0.318 e. The lowest BCUT2D eigenvalue weighted by molar-refractivity contribution is 0.194. The van der Waals surface area contributed by atoms with E-state index in [0.717, 1.165) is 25.9 Å². The Balaban J connectivity index is 2.53. The SMILES string of the molecule is CC(C)(NC(=O)N1CCCCCC1)C(=N)N. The third-order valence-electron chi connectivity index (χ3n) is 2.99. The number of hydrogen-bond donors (Lipinski definition) is 3. The van der Waals surface area contributed by atoms with Crippen LogP contribution in [0.25, 0.3) is 0 Å². The van der Waals surface area contributed by atoms with Crippen molar-refractivity contribution in [2.75, 3.05) is 13.1 Å². The van der Waals surface area contributed by atoms with Gasteiger partial charge in [0.1, 0.15) is 5.84 Å². The van der Waals surface area contributed by atoms with Gasteiger partial charge in [-0.3, -0.25) is 5.41 Å². The zero-order valence-electron chi connectivity index (χ0n) is 10.2. The summed E-state index contributed by atoms with van der Waals surface area (Å²) in [5.74, 6) is -0.0179. The van der Waals surface area contributed by atoms with Crippen LogP contribution in [0.4, 0.5) is 4.79 Å². The molecule has 0 bridgehead atoms. The molecule has 1 aliphatic heterocycles. The van der Waals surface area contributed by atoms with Crippen molar-refractivity contribution in [3.05, 3.63) is 0 Å². The molecular weight excluding hydrogens is 204 g/mol. The van der Waals surface area contributed by atoms with E-state index in [9.17, 15) is 4.79 Å². The largest absolute Gasteiger partial charge is 0.386 e. The molecule has 0 saturated carbocycles. The van der Waals surface area contributed by atoms with Crippen LogP contribution in [0.15, 0.2) is 0 Å². The molecule has 5 heteroatoms. The zero-order chi connectivity index (χ0) is 12.2. The second-order valence-electron chi connectivity index (χ2n) is 4.87. The number of urea groups is 1. The molecule has 1 fully saturated rings. The number of rotatable bonds is 2. The summed E-state index contributed by atoms with van der Waals surface area (Å²) < 4.78 is 0. The lowest BCUT2D eigenvalue weighted by atomic mass is 10.1. The molecule has 2 amide bonds. The number of amidine groups is 1. The second-order valence-corrected chi connectivity index (χ2v) is 4.87. The highest BCUT2D eigenvalue weighted by atomic mass is 16.2. The van der Waals surface area contributed by atoms with E-state index in [4.69, 9.17) is 11.1 Å². The van der Waals surface area contributed by atoms with Crippen molar-refractivity contribution < 1.29 is 4.79 Å². The van der Waals surface area contributed by atoms with Crippen molar-refractivity contribution in [2.24, 2.45) is 5.73 Å². The van der Waals surface area contributed by atoms with Gasteiger partial charge in [0.2, 0.25) is 0 Å². The van der Waals surface area contributed by atoms with Crippen molar-refractivity contribution in [1.82, 2.24) is 10.2 Å². The number of nitrogens with one attached hydrogen (secondary N) is 2. The van der Waals surface area contributed by atoms with Crippen LogP contribution in [0, 0.1) is 5.41 Å². The highest BCUT2D eigenvalue weighted by molar-refractivity contribution is 5.90. The van der Waals surface area contributed by atoms with Crippen LogP contribution < -0.4 is 11.1 Å². The highest BCUT2D eigenvalue weighted by Crippen LogP contribution is 2.11. The molecule has 0 spiro atoms.